The van der Waals surface area contributed by atoms with E-state index in [2.05, 4.69) is 10.3 Å². The van der Waals surface area contributed by atoms with Crippen LogP contribution in [0.15, 0.2) is 29.1 Å². The summed E-state index contributed by atoms with van der Waals surface area (Å²) in [6, 6.07) is 4.09. The Kier molecular flexibility index (Phi) is 3.91. The number of phenols is 1. The summed E-state index contributed by atoms with van der Waals surface area (Å²) >= 11 is 0. The summed E-state index contributed by atoms with van der Waals surface area (Å²) in [6.07, 6.45) is 1.86. The highest BCUT2D eigenvalue weighted by Crippen LogP contribution is 2.29. The average Bonchev–Trinajstić information content (AvgIpc) is 2.48. The van der Waals surface area contributed by atoms with Gasteiger partial charge in [0.05, 0.1) is 11.1 Å². The van der Waals surface area contributed by atoms with Crippen LogP contribution in [0.3, 0.4) is 0 Å². The second kappa shape index (κ2) is 5.78. The van der Waals surface area contributed by atoms with E-state index in [0.29, 0.717) is 16.9 Å². The van der Waals surface area contributed by atoms with Gasteiger partial charge in [0.25, 0.3) is 5.56 Å². The lowest BCUT2D eigenvalue weighted by atomic mass is 9.99. The van der Waals surface area contributed by atoms with E-state index in [-0.39, 0.29) is 34.6 Å². The van der Waals surface area contributed by atoms with E-state index < -0.39 is 6.04 Å². The SMILES string of the molecule is CC(C)/C=C1/NC(=O)[C@@H](C(C)C)n2c1nc1c(O)cccc1c2=O. The highest BCUT2D eigenvalue weighted by Gasteiger charge is 2.35. The molecule has 1 aliphatic rings. The number of nitrogens with one attached hydrogen (secondary N) is 1. The Balaban J connectivity index is 2.43. The minimum atomic E-state index is -0.629. The van der Waals surface area contributed by atoms with Crippen molar-refractivity contribution in [3.8, 4) is 5.75 Å². The number of hydrogen-bond acceptors (Lipinski definition) is 4. The summed E-state index contributed by atoms with van der Waals surface area (Å²) in [4.78, 5) is 30.1. The normalized spacial score (nSPS) is 19.2. The summed E-state index contributed by atoms with van der Waals surface area (Å²) in [6.45, 7) is 7.75. The predicted molar refractivity (Wildman–Crippen MR) is 92.5 cm³/mol. The molecule has 6 nitrogen and oxygen atoms in total. The van der Waals surface area contributed by atoms with Gasteiger partial charge in [-0.15, -0.1) is 0 Å². The van der Waals surface area contributed by atoms with E-state index in [0.717, 1.165) is 0 Å². The van der Waals surface area contributed by atoms with E-state index in [1.165, 1.54) is 10.6 Å². The summed E-state index contributed by atoms with van der Waals surface area (Å²) < 4.78 is 1.46. The second-order valence-electron chi connectivity index (χ2n) is 6.79. The van der Waals surface area contributed by atoms with Crippen LogP contribution in [-0.2, 0) is 4.79 Å². The third-order valence-electron chi connectivity index (χ3n) is 4.09. The highest BCUT2D eigenvalue weighted by molar-refractivity contribution is 5.93. The number of nitrogens with zero attached hydrogens (tertiary/aromatic N) is 2. The van der Waals surface area contributed by atoms with Gasteiger partial charge in [0, 0.05) is 0 Å². The molecule has 0 unspecified atom stereocenters. The Morgan fingerprint density at radius 1 is 1.25 bits per heavy atom. The first-order valence-corrected chi connectivity index (χ1v) is 8.08. The number of aromatic nitrogens is 2. The quantitative estimate of drug-likeness (QED) is 0.887. The topological polar surface area (TPSA) is 84.2 Å². The smallest absolute Gasteiger partial charge is 0.262 e. The monoisotopic (exact) mass is 327 g/mol. The summed E-state index contributed by atoms with van der Waals surface area (Å²) in [7, 11) is 0. The van der Waals surface area contributed by atoms with Crippen molar-refractivity contribution in [2.45, 2.75) is 33.7 Å². The molecule has 1 aromatic carbocycles. The standard InChI is InChI=1S/C18H21N3O3/c1-9(2)8-12-16-20-14-11(6-5-7-13(14)22)18(24)21(16)15(10(3)4)17(23)19-12/h5-10,15,22H,1-4H3,(H,19,23)/b12-8+/t15-/m1/s1. The van der Waals surface area contributed by atoms with Gasteiger partial charge in [0.2, 0.25) is 5.91 Å². The number of phenolic OH excluding ortho intramolecular Hbond substituents is 1. The molecular weight excluding hydrogens is 306 g/mol. The molecule has 0 fully saturated rings. The lowest BCUT2D eigenvalue weighted by Crippen LogP contribution is -2.46. The van der Waals surface area contributed by atoms with Crippen LogP contribution in [0.25, 0.3) is 16.6 Å². The van der Waals surface area contributed by atoms with Gasteiger partial charge in [0.1, 0.15) is 17.3 Å². The van der Waals surface area contributed by atoms with E-state index >= 15 is 0 Å². The Hall–Kier alpha value is -2.63. The first-order valence-electron chi connectivity index (χ1n) is 8.08. The van der Waals surface area contributed by atoms with E-state index in [1.54, 1.807) is 12.1 Å². The number of amides is 1. The molecule has 0 saturated heterocycles. The molecule has 126 valence electrons. The second-order valence-corrected chi connectivity index (χ2v) is 6.79. The Morgan fingerprint density at radius 2 is 1.96 bits per heavy atom. The number of aromatic hydroxyl groups is 1. The number of carbonyl (C=O) groups is 1. The molecule has 1 aromatic heterocycles. The first kappa shape index (κ1) is 16.2. The van der Waals surface area contributed by atoms with Gasteiger partial charge in [-0.1, -0.05) is 39.8 Å². The van der Waals surface area contributed by atoms with Crippen molar-refractivity contribution in [3.05, 3.63) is 40.5 Å². The zero-order valence-electron chi connectivity index (χ0n) is 14.2. The number of hydrogen-bond donors (Lipinski definition) is 2. The fraction of sp³-hybridized carbons (Fsp3) is 0.389. The number of para-hydroxylation sites is 1. The molecule has 3 rings (SSSR count). The maximum Gasteiger partial charge on any atom is 0.262 e. The fourth-order valence-corrected chi connectivity index (χ4v) is 3.09. The Labute approximate surface area is 139 Å². The maximum absolute atomic E-state index is 13.0. The molecular formula is C18H21N3O3. The predicted octanol–water partition coefficient (Wildman–Crippen LogP) is 2.43. The van der Waals surface area contributed by atoms with Crippen LogP contribution >= 0.6 is 0 Å². The van der Waals surface area contributed by atoms with Gasteiger partial charge in [-0.3, -0.25) is 14.2 Å². The maximum atomic E-state index is 13.0. The van der Waals surface area contributed by atoms with Crippen molar-refractivity contribution in [3.63, 3.8) is 0 Å². The highest BCUT2D eigenvalue weighted by atomic mass is 16.3. The summed E-state index contributed by atoms with van der Waals surface area (Å²) in [5.41, 5.74) is 0.449. The van der Waals surface area contributed by atoms with Crippen LogP contribution in [0.2, 0.25) is 0 Å². The largest absolute Gasteiger partial charge is 0.506 e. The number of rotatable bonds is 2. The van der Waals surface area contributed by atoms with Crippen LogP contribution in [0.4, 0.5) is 0 Å². The number of carbonyl (C=O) groups excluding carboxylic acids is 1. The van der Waals surface area contributed by atoms with Gasteiger partial charge in [-0.05, 0) is 24.0 Å². The molecule has 24 heavy (non-hydrogen) atoms. The fourth-order valence-electron chi connectivity index (χ4n) is 3.09. The molecule has 0 saturated carbocycles. The third kappa shape index (κ3) is 2.48. The van der Waals surface area contributed by atoms with Crippen molar-refractivity contribution in [1.29, 1.82) is 0 Å². The van der Waals surface area contributed by atoms with Crippen molar-refractivity contribution >= 4 is 22.5 Å². The van der Waals surface area contributed by atoms with Crippen LogP contribution in [0, 0.1) is 11.8 Å². The van der Waals surface area contributed by atoms with Gasteiger partial charge in [0.15, 0.2) is 5.82 Å². The van der Waals surface area contributed by atoms with E-state index in [4.69, 9.17) is 0 Å². The molecule has 0 aliphatic carbocycles. The van der Waals surface area contributed by atoms with Gasteiger partial charge in [-0.25, -0.2) is 4.98 Å². The van der Waals surface area contributed by atoms with Crippen LogP contribution in [-0.4, -0.2) is 20.6 Å². The zero-order chi connectivity index (χ0) is 17.6. The van der Waals surface area contributed by atoms with E-state index in [9.17, 15) is 14.7 Å². The molecule has 0 bridgehead atoms. The summed E-state index contributed by atoms with van der Waals surface area (Å²) in [5.74, 6) is 0.226. The van der Waals surface area contributed by atoms with Crippen LogP contribution < -0.4 is 10.9 Å². The van der Waals surface area contributed by atoms with Crippen LogP contribution in [0.5, 0.6) is 5.75 Å². The minimum Gasteiger partial charge on any atom is -0.506 e. The molecule has 6 heteroatoms. The lowest BCUT2D eigenvalue weighted by molar-refractivity contribution is -0.125. The van der Waals surface area contributed by atoms with Crippen molar-refractivity contribution < 1.29 is 9.90 Å². The molecule has 0 radical (unpaired) electrons. The molecule has 0 spiro atoms. The van der Waals surface area contributed by atoms with Crippen molar-refractivity contribution in [2.75, 3.05) is 0 Å². The number of allylic oxidation sites excluding steroid dienone is 1. The average molecular weight is 327 g/mol. The molecule has 1 atom stereocenters. The molecule has 1 amide bonds. The van der Waals surface area contributed by atoms with E-state index in [1.807, 2.05) is 33.8 Å². The van der Waals surface area contributed by atoms with Gasteiger partial charge >= 0.3 is 0 Å². The van der Waals surface area contributed by atoms with Crippen molar-refractivity contribution in [1.82, 2.24) is 14.9 Å². The summed E-state index contributed by atoms with van der Waals surface area (Å²) in [5, 5.41) is 13.2. The number of benzene rings is 1. The zero-order valence-corrected chi connectivity index (χ0v) is 14.2. The third-order valence-corrected chi connectivity index (χ3v) is 4.09. The van der Waals surface area contributed by atoms with Crippen LogP contribution in [0.1, 0.15) is 39.6 Å². The van der Waals surface area contributed by atoms with Gasteiger partial charge < -0.3 is 10.4 Å². The first-order chi connectivity index (χ1) is 11.3. The Morgan fingerprint density at radius 3 is 2.58 bits per heavy atom. The van der Waals surface area contributed by atoms with Gasteiger partial charge in [-0.2, -0.15) is 0 Å². The molecule has 2 N–H and O–H groups in total. The molecule has 2 aromatic rings. The number of fused-ring (bicyclic) bond motifs is 2. The lowest BCUT2D eigenvalue weighted by Gasteiger charge is -2.31. The Bertz CT molecular complexity index is 910. The minimum absolute atomic E-state index is 0.0464. The molecule has 1 aliphatic heterocycles. The molecule has 2 heterocycles. The van der Waals surface area contributed by atoms with Crippen molar-refractivity contribution in [2.24, 2.45) is 11.8 Å².